The maximum Gasteiger partial charge on any atom is 0.322 e. The van der Waals surface area contributed by atoms with Crippen LogP contribution in [-0.2, 0) is 11.8 Å². The summed E-state index contributed by atoms with van der Waals surface area (Å²) in [4.78, 5) is 50.7. The van der Waals surface area contributed by atoms with E-state index in [1.54, 1.807) is 24.9 Å². The number of pyridine rings is 1. The molecule has 3 rings (SSSR count). The van der Waals surface area contributed by atoms with Crippen LogP contribution in [0.4, 0.5) is 4.79 Å². The van der Waals surface area contributed by atoms with Crippen LogP contribution in [0, 0.1) is 5.92 Å². The van der Waals surface area contributed by atoms with E-state index in [0.29, 0.717) is 25.9 Å². The third-order valence-corrected chi connectivity index (χ3v) is 5.84. The molecular weight excluding hydrogens is 348 g/mol. The Hall–Kier alpha value is -2.64. The number of hydrogen-bond donors (Lipinski definition) is 2. The Morgan fingerprint density at radius 2 is 1.81 bits per heavy atom. The fourth-order valence-electron chi connectivity index (χ4n) is 4.07. The summed E-state index contributed by atoms with van der Waals surface area (Å²) >= 11 is 0. The van der Waals surface area contributed by atoms with Crippen LogP contribution in [0.15, 0.2) is 16.9 Å². The molecule has 2 aliphatic heterocycles. The molecule has 0 saturated carbocycles. The minimum atomic E-state index is -0.943. The molecule has 1 aromatic heterocycles. The molecule has 1 atom stereocenters. The molecule has 1 unspecified atom stereocenters. The van der Waals surface area contributed by atoms with Crippen LogP contribution in [0.5, 0.6) is 0 Å². The van der Waals surface area contributed by atoms with Crippen LogP contribution in [0.1, 0.15) is 55.6 Å². The molecule has 8 nitrogen and oxygen atoms in total. The number of piperidine rings is 1. The first-order valence-corrected chi connectivity index (χ1v) is 9.28. The van der Waals surface area contributed by atoms with Gasteiger partial charge in [-0.3, -0.25) is 19.7 Å². The van der Waals surface area contributed by atoms with E-state index in [2.05, 4.69) is 10.6 Å². The molecule has 0 bridgehead atoms. The molecule has 8 heteroatoms. The number of urea groups is 1. The maximum absolute atomic E-state index is 12.8. The van der Waals surface area contributed by atoms with Gasteiger partial charge in [0, 0.05) is 25.8 Å². The highest BCUT2D eigenvalue weighted by Crippen LogP contribution is 2.31. The lowest BCUT2D eigenvalue weighted by atomic mass is 9.79. The molecule has 0 aliphatic carbocycles. The summed E-state index contributed by atoms with van der Waals surface area (Å²) in [7, 11) is 1.68. The van der Waals surface area contributed by atoms with E-state index in [4.69, 9.17) is 0 Å². The molecule has 2 fully saturated rings. The molecule has 1 aromatic rings. The number of carbonyl (C=O) groups is 3. The Bertz CT molecular complexity index is 852. The van der Waals surface area contributed by atoms with Crippen LogP contribution >= 0.6 is 0 Å². The number of nitrogens with zero attached hydrogens (tertiary/aromatic N) is 2. The summed E-state index contributed by atoms with van der Waals surface area (Å²) in [5.41, 5.74) is -0.186. The topological polar surface area (TPSA) is 101 Å². The second-order valence-electron chi connectivity index (χ2n) is 7.87. The van der Waals surface area contributed by atoms with Crippen LogP contribution < -0.4 is 16.2 Å². The number of hydrogen-bond acceptors (Lipinski definition) is 4. The van der Waals surface area contributed by atoms with Crippen LogP contribution in [0.3, 0.4) is 0 Å². The smallest absolute Gasteiger partial charge is 0.322 e. The average Bonchev–Trinajstić information content (AvgIpc) is 2.89. The third kappa shape index (κ3) is 3.24. The van der Waals surface area contributed by atoms with Gasteiger partial charge in [0.05, 0.1) is 0 Å². The second kappa shape index (κ2) is 6.83. The number of nitrogens with one attached hydrogen (secondary N) is 2. The van der Waals surface area contributed by atoms with Crippen molar-refractivity contribution in [1.29, 1.82) is 0 Å². The number of carbonyl (C=O) groups excluding carboxylic acids is 3. The summed E-state index contributed by atoms with van der Waals surface area (Å²) in [5.74, 6) is -0.472. The highest BCUT2D eigenvalue weighted by atomic mass is 16.2. The fourth-order valence-corrected chi connectivity index (χ4v) is 4.07. The zero-order chi connectivity index (χ0) is 19.9. The van der Waals surface area contributed by atoms with E-state index < -0.39 is 11.6 Å². The molecule has 0 spiro atoms. The number of amides is 4. The number of imide groups is 1. The van der Waals surface area contributed by atoms with Gasteiger partial charge >= 0.3 is 6.03 Å². The second-order valence-corrected chi connectivity index (χ2v) is 7.87. The Kier molecular flexibility index (Phi) is 4.84. The van der Waals surface area contributed by atoms with Gasteiger partial charge in [0.2, 0.25) is 0 Å². The molecule has 146 valence electrons. The van der Waals surface area contributed by atoms with Crippen molar-refractivity contribution >= 4 is 17.8 Å². The monoisotopic (exact) mass is 374 g/mol. The van der Waals surface area contributed by atoms with Gasteiger partial charge in [-0.1, -0.05) is 13.8 Å². The Morgan fingerprint density at radius 1 is 1.19 bits per heavy atom. The van der Waals surface area contributed by atoms with Crippen molar-refractivity contribution in [3.8, 4) is 0 Å². The highest BCUT2D eigenvalue weighted by molar-refractivity contribution is 6.07. The quantitative estimate of drug-likeness (QED) is 0.770. The van der Waals surface area contributed by atoms with E-state index in [-0.39, 0.29) is 34.8 Å². The van der Waals surface area contributed by atoms with Gasteiger partial charge in [-0.15, -0.1) is 0 Å². The molecule has 4 amide bonds. The summed E-state index contributed by atoms with van der Waals surface area (Å²) in [5, 5.41) is 4.98. The number of rotatable bonds is 3. The fraction of sp³-hybridized carbons (Fsp3) is 0.579. The Balaban J connectivity index is 1.73. The lowest BCUT2D eigenvalue weighted by Crippen LogP contribution is -2.54. The SMILES string of the molecule is CC(C)c1ccc(C(=O)N2CCC(C3(C)NC(=O)NC3=O)CC2)c(=O)n1C. The lowest BCUT2D eigenvalue weighted by Gasteiger charge is -2.38. The first kappa shape index (κ1) is 19.1. The standard InChI is InChI=1S/C19H26N4O4/c1-11(2)14-6-5-13(15(24)22(14)4)16(25)23-9-7-12(8-10-23)19(3)17(26)20-18(27)21-19/h5-6,11-12H,7-10H2,1-4H3,(H2,20,21,26,27). The molecule has 0 radical (unpaired) electrons. The summed E-state index contributed by atoms with van der Waals surface area (Å²) in [6.07, 6.45) is 1.17. The first-order chi connectivity index (χ1) is 12.6. The Morgan fingerprint density at radius 3 is 2.33 bits per heavy atom. The minimum absolute atomic E-state index is 0.0563. The molecule has 3 heterocycles. The maximum atomic E-state index is 12.8. The predicted octanol–water partition coefficient (Wildman–Crippen LogP) is 0.959. The van der Waals surface area contributed by atoms with E-state index >= 15 is 0 Å². The van der Waals surface area contributed by atoms with Crippen molar-refractivity contribution in [2.24, 2.45) is 13.0 Å². The third-order valence-electron chi connectivity index (χ3n) is 5.84. The van der Waals surface area contributed by atoms with Gasteiger partial charge in [0.15, 0.2) is 0 Å². The number of aromatic nitrogens is 1. The van der Waals surface area contributed by atoms with E-state index in [9.17, 15) is 19.2 Å². The van der Waals surface area contributed by atoms with Crippen molar-refractivity contribution in [1.82, 2.24) is 20.1 Å². The Labute approximate surface area is 157 Å². The molecule has 2 aliphatic rings. The normalized spacial score (nSPS) is 23.5. The van der Waals surface area contributed by atoms with Crippen LogP contribution in [-0.4, -0.2) is 45.9 Å². The van der Waals surface area contributed by atoms with E-state index in [1.165, 1.54) is 4.57 Å². The van der Waals surface area contributed by atoms with Gasteiger partial charge in [-0.2, -0.15) is 0 Å². The number of likely N-dealkylation sites (tertiary alicyclic amines) is 1. The summed E-state index contributed by atoms with van der Waals surface area (Å²) < 4.78 is 1.53. The minimum Gasteiger partial charge on any atom is -0.338 e. The van der Waals surface area contributed by atoms with E-state index in [1.807, 2.05) is 19.9 Å². The van der Waals surface area contributed by atoms with Crippen molar-refractivity contribution in [3.63, 3.8) is 0 Å². The van der Waals surface area contributed by atoms with Crippen LogP contribution in [0.25, 0.3) is 0 Å². The van der Waals surface area contributed by atoms with Crippen LogP contribution in [0.2, 0.25) is 0 Å². The van der Waals surface area contributed by atoms with Gasteiger partial charge in [0.1, 0.15) is 11.1 Å². The summed E-state index contributed by atoms with van der Waals surface area (Å²) in [6, 6.07) is 2.96. The first-order valence-electron chi connectivity index (χ1n) is 9.28. The molecule has 2 N–H and O–H groups in total. The van der Waals surface area contributed by atoms with E-state index in [0.717, 1.165) is 5.69 Å². The average molecular weight is 374 g/mol. The lowest BCUT2D eigenvalue weighted by molar-refractivity contribution is -0.125. The molecule has 27 heavy (non-hydrogen) atoms. The zero-order valence-corrected chi connectivity index (χ0v) is 16.2. The highest BCUT2D eigenvalue weighted by Gasteiger charge is 2.48. The zero-order valence-electron chi connectivity index (χ0n) is 16.2. The van der Waals surface area contributed by atoms with Crippen molar-refractivity contribution < 1.29 is 14.4 Å². The molecule has 2 saturated heterocycles. The van der Waals surface area contributed by atoms with Gasteiger partial charge in [-0.25, -0.2) is 4.79 Å². The van der Waals surface area contributed by atoms with Gasteiger partial charge in [-0.05, 0) is 43.7 Å². The van der Waals surface area contributed by atoms with Crippen molar-refractivity contribution in [2.45, 2.75) is 45.1 Å². The summed E-state index contributed by atoms with van der Waals surface area (Å²) in [6.45, 7) is 6.60. The van der Waals surface area contributed by atoms with Crippen molar-refractivity contribution in [2.75, 3.05) is 13.1 Å². The van der Waals surface area contributed by atoms with Gasteiger partial charge in [0.25, 0.3) is 17.4 Å². The molecule has 0 aromatic carbocycles. The largest absolute Gasteiger partial charge is 0.338 e. The molecular formula is C19H26N4O4. The predicted molar refractivity (Wildman–Crippen MR) is 99.5 cm³/mol. The van der Waals surface area contributed by atoms with Gasteiger partial charge < -0.3 is 14.8 Å². The van der Waals surface area contributed by atoms with Crippen molar-refractivity contribution in [3.05, 3.63) is 33.7 Å².